The van der Waals surface area contributed by atoms with E-state index < -0.39 is 78.2 Å². The molecule has 6 atom stereocenters. The Kier molecular flexibility index (Phi) is 27.9. The lowest BCUT2D eigenvalue weighted by atomic mass is 9.99. The Labute approximate surface area is 357 Å². The summed E-state index contributed by atoms with van der Waals surface area (Å²) in [6, 6.07) is 2.72. The van der Waals surface area contributed by atoms with Crippen LogP contribution >= 0.6 is 0 Å². The second-order valence-corrected chi connectivity index (χ2v) is 16.1. The van der Waals surface area contributed by atoms with Crippen LogP contribution in [-0.4, -0.2) is 101 Å². The predicted molar refractivity (Wildman–Crippen MR) is 234 cm³/mol. The van der Waals surface area contributed by atoms with Crippen molar-refractivity contribution in [3.8, 4) is 0 Å². The van der Waals surface area contributed by atoms with Crippen molar-refractivity contribution in [3.05, 3.63) is 35.9 Å². The molecular weight excluding hydrogens is 769 g/mol. The van der Waals surface area contributed by atoms with Gasteiger partial charge in [0, 0.05) is 19.4 Å². The smallest absolute Gasteiger partial charge is 0.245 e. The Bertz CT molecular complexity index is 1450. The number of aliphatic hydroxyl groups is 2. The molecule has 1 aromatic rings. The number of hydrogen-bond acceptors (Lipinski definition) is 9. The van der Waals surface area contributed by atoms with Crippen LogP contribution in [0.4, 0.5) is 0 Å². The average molecular weight is 845 g/mol. The normalized spacial score (nSPS) is 14.1. The molecular formula is C44H76N8O8. The van der Waals surface area contributed by atoms with E-state index in [1.807, 2.05) is 0 Å². The van der Waals surface area contributed by atoms with Crippen molar-refractivity contribution in [2.24, 2.45) is 22.4 Å². The molecule has 0 aliphatic carbocycles. The van der Waals surface area contributed by atoms with E-state index in [-0.39, 0.29) is 44.1 Å². The molecule has 60 heavy (non-hydrogen) atoms. The molecule has 0 aliphatic heterocycles. The second kappa shape index (κ2) is 31.3. The minimum Gasteiger partial charge on any atom is -0.394 e. The molecule has 0 unspecified atom stereocenters. The Hall–Kier alpha value is -4.57. The quantitative estimate of drug-likeness (QED) is 0.0284. The molecule has 0 heterocycles. The lowest BCUT2D eigenvalue weighted by Gasteiger charge is -2.29. The standard InChI is InChI=1S/C44H76N8O8/c1-6-7-8-9-10-11-12-13-14-15-16-17-21-26-37(56)51-39(32(5)55)43(60)52-38(30(2)3)42(59)49-35(28-33-23-19-18-20-24-33)41(58)48-34(25-22-27-47-44(45)46)40(57)50-36(29-53)31(4)54/h18-20,23-24,30,32,34-36,38-39,53,55H,6-17,21-22,25-29H2,1-5H3,(H,48,58)(H,49,59)(H,50,57)(H,51,56)(H,52,60)(H4,45,46,47)/t32-,34+,35+,36+,38+,39+/m1/s1. The summed E-state index contributed by atoms with van der Waals surface area (Å²) in [4.78, 5) is 83.4. The number of ketones is 1. The number of guanidine groups is 1. The molecule has 11 N–H and O–H groups in total. The number of benzene rings is 1. The van der Waals surface area contributed by atoms with Gasteiger partial charge in [-0.3, -0.25) is 33.8 Å². The maximum atomic E-state index is 13.9. The molecule has 1 aromatic carbocycles. The van der Waals surface area contributed by atoms with Crippen molar-refractivity contribution in [3.63, 3.8) is 0 Å². The molecule has 0 saturated heterocycles. The molecule has 0 aliphatic rings. The number of carbonyl (C=O) groups is 6. The van der Waals surface area contributed by atoms with Crippen LogP contribution in [0.15, 0.2) is 35.3 Å². The molecule has 0 bridgehead atoms. The fourth-order valence-electron chi connectivity index (χ4n) is 6.65. The highest BCUT2D eigenvalue weighted by atomic mass is 16.3. The largest absolute Gasteiger partial charge is 0.394 e. The number of hydrogen-bond donors (Lipinski definition) is 9. The van der Waals surface area contributed by atoms with Gasteiger partial charge in [-0.2, -0.15) is 0 Å². The van der Waals surface area contributed by atoms with Crippen molar-refractivity contribution in [2.45, 2.75) is 180 Å². The number of nitrogens with one attached hydrogen (secondary N) is 5. The molecule has 1 rings (SSSR count). The molecule has 0 fully saturated rings. The van der Waals surface area contributed by atoms with Gasteiger partial charge in [0.25, 0.3) is 0 Å². The Morgan fingerprint density at radius 3 is 1.63 bits per heavy atom. The zero-order valence-corrected chi connectivity index (χ0v) is 36.8. The minimum absolute atomic E-state index is 0.0117. The van der Waals surface area contributed by atoms with Gasteiger partial charge in [-0.05, 0) is 44.6 Å². The van der Waals surface area contributed by atoms with Crippen LogP contribution in [0.25, 0.3) is 0 Å². The van der Waals surface area contributed by atoms with Gasteiger partial charge in [0.05, 0.1) is 12.7 Å². The van der Waals surface area contributed by atoms with Crippen LogP contribution < -0.4 is 38.1 Å². The fourth-order valence-corrected chi connectivity index (χ4v) is 6.65. The molecule has 340 valence electrons. The van der Waals surface area contributed by atoms with E-state index in [9.17, 15) is 39.0 Å². The molecule has 5 amide bonds. The third-order valence-electron chi connectivity index (χ3n) is 10.3. The van der Waals surface area contributed by atoms with E-state index in [0.29, 0.717) is 12.0 Å². The summed E-state index contributed by atoms with van der Waals surface area (Å²) in [7, 11) is 0. The Morgan fingerprint density at radius 2 is 1.13 bits per heavy atom. The number of aliphatic hydroxyl groups excluding tert-OH is 2. The summed E-state index contributed by atoms with van der Waals surface area (Å²) in [5, 5.41) is 33.3. The van der Waals surface area contributed by atoms with E-state index in [2.05, 4.69) is 38.5 Å². The molecule has 0 spiro atoms. The maximum Gasteiger partial charge on any atom is 0.245 e. The van der Waals surface area contributed by atoms with Crippen LogP contribution in [0.3, 0.4) is 0 Å². The summed E-state index contributed by atoms with van der Waals surface area (Å²) >= 11 is 0. The summed E-state index contributed by atoms with van der Waals surface area (Å²) in [5.74, 6) is -4.43. The maximum absolute atomic E-state index is 13.9. The topological polar surface area (TPSA) is 267 Å². The molecule has 0 radical (unpaired) electrons. The van der Waals surface area contributed by atoms with Crippen LogP contribution in [-0.2, 0) is 35.2 Å². The highest BCUT2D eigenvalue weighted by molar-refractivity contribution is 5.96. The van der Waals surface area contributed by atoms with Crippen molar-refractivity contribution >= 4 is 41.3 Å². The Morgan fingerprint density at radius 1 is 0.633 bits per heavy atom. The minimum atomic E-state index is -1.33. The third-order valence-corrected chi connectivity index (χ3v) is 10.3. The number of unbranched alkanes of at least 4 members (excludes halogenated alkanes) is 12. The lowest BCUT2D eigenvalue weighted by Crippen LogP contribution is -2.61. The van der Waals surface area contributed by atoms with Crippen LogP contribution in [0.5, 0.6) is 0 Å². The van der Waals surface area contributed by atoms with Gasteiger partial charge in [0.1, 0.15) is 30.2 Å². The van der Waals surface area contributed by atoms with Gasteiger partial charge < -0.3 is 48.3 Å². The number of aliphatic imine (C=N–C) groups is 1. The molecule has 16 heteroatoms. The first-order chi connectivity index (χ1) is 28.6. The van der Waals surface area contributed by atoms with Crippen molar-refractivity contribution in [1.29, 1.82) is 0 Å². The van der Waals surface area contributed by atoms with Crippen molar-refractivity contribution < 1.29 is 39.0 Å². The van der Waals surface area contributed by atoms with Gasteiger partial charge in [-0.1, -0.05) is 128 Å². The van der Waals surface area contributed by atoms with Crippen molar-refractivity contribution in [1.82, 2.24) is 26.6 Å². The highest BCUT2D eigenvalue weighted by Crippen LogP contribution is 2.14. The van der Waals surface area contributed by atoms with Crippen LogP contribution in [0.2, 0.25) is 0 Å². The Balaban J connectivity index is 2.97. The van der Waals surface area contributed by atoms with Gasteiger partial charge in [0.15, 0.2) is 11.7 Å². The molecule has 0 saturated carbocycles. The lowest BCUT2D eigenvalue weighted by molar-refractivity contribution is -0.136. The zero-order valence-electron chi connectivity index (χ0n) is 36.8. The van der Waals surface area contributed by atoms with Crippen LogP contribution in [0, 0.1) is 5.92 Å². The van der Waals surface area contributed by atoms with Gasteiger partial charge in [-0.25, -0.2) is 0 Å². The first-order valence-corrected chi connectivity index (χ1v) is 22.0. The van der Waals surface area contributed by atoms with E-state index in [4.69, 9.17) is 11.5 Å². The number of amides is 5. The molecule has 16 nitrogen and oxygen atoms in total. The van der Waals surface area contributed by atoms with Crippen LogP contribution in [0.1, 0.15) is 143 Å². The summed E-state index contributed by atoms with van der Waals surface area (Å²) < 4.78 is 0. The summed E-state index contributed by atoms with van der Waals surface area (Å²) in [6.45, 7) is 7.71. The van der Waals surface area contributed by atoms with E-state index in [1.165, 1.54) is 71.6 Å². The highest BCUT2D eigenvalue weighted by Gasteiger charge is 2.34. The van der Waals surface area contributed by atoms with Gasteiger partial charge >= 0.3 is 0 Å². The number of nitrogens with zero attached hydrogens (tertiary/aromatic N) is 1. The first kappa shape index (κ1) is 53.4. The SMILES string of the molecule is CCCCCCCCCCCCCCCC(=O)N[C@H](C(=O)N[C@H](C(=O)N[C@@H](Cc1ccccc1)C(=O)N[C@@H](CCCN=C(N)N)C(=O)N[C@@H](CO)C(C)=O)C(C)C)[C@@H](C)O. The summed E-state index contributed by atoms with van der Waals surface area (Å²) in [6.07, 6.45) is 14.4. The zero-order chi connectivity index (χ0) is 44.9. The monoisotopic (exact) mass is 845 g/mol. The second-order valence-electron chi connectivity index (χ2n) is 16.1. The molecule has 0 aromatic heterocycles. The van der Waals surface area contributed by atoms with Gasteiger partial charge in [0.2, 0.25) is 29.5 Å². The van der Waals surface area contributed by atoms with E-state index in [1.54, 1.807) is 44.2 Å². The number of carbonyl (C=O) groups excluding carboxylic acids is 6. The fraction of sp³-hybridized carbons (Fsp3) is 0.705. The van der Waals surface area contributed by atoms with E-state index >= 15 is 0 Å². The summed E-state index contributed by atoms with van der Waals surface area (Å²) in [5.41, 5.74) is 11.5. The van der Waals surface area contributed by atoms with Crippen molar-refractivity contribution in [2.75, 3.05) is 13.2 Å². The number of Topliss-reactive ketones (excluding diaryl/α,β-unsaturated/α-hetero) is 1. The van der Waals surface area contributed by atoms with E-state index in [0.717, 1.165) is 19.3 Å². The first-order valence-electron chi connectivity index (χ1n) is 22.0. The number of rotatable bonds is 33. The average Bonchev–Trinajstić information content (AvgIpc) is 3.20. The van der Waals surface area contributed by atoms with Gasteiger partial charge in [-0.15, -0.1) is 0 Å². The predicted octanol–water partition coefficient (Wildman–Crippen LogP) is 2.81. The third kappa shape index (κ3) is 23.3. The number of nitrogens with two attached hydrogens (primary N) is 2.